The van der Waals surface area contributed by atoms with Crippen molar-refractivity contribution in [3.63, 3.8) is 0 Å². The lowest BCUT2D eigenvalue weighted by Crippen LogP contribution is -2.21. The minimum Gasteiger partial charge on any atom is -0.464 e. The number of hydrogen-bond donors (Lipinski definition) is 2. The molecule has 0 aliphatic heterocycles. The Morgan fingerprint density at radius 2 is 1.20 bits per heavy atom. The maximum Gasteiger partial charge on any atom is 0.305 e. The molecule has 0 radical (unpaired) electrons. The summed E-state index contributed by atoms with van der Waals surface area (Å²) in [5.74, 6) is -0.410. The van der Waals surface area contributed by atoms with Gasteiger partial charge in [-0.2, -0.15) is 0 Å². The number of likely N-dealkylation sites (N-methyl/N-ethyl adjacent to an activating group) is 2. The molecule has 0 saturated carbocycles. The Morgan fingerprint density at radius 3 is 1.55 bits per heavy atom. The monoisotopic (exact) mass is 288 g/mol. The molecule has 0 aromatic carbocycles. The summed E-state index contributed by atoms with van der Waals surface area (Å²) in [4.78, 5) is 22.6. The van der Waals surface area contributed by atoms with E-state index in [-0.39, 0.29) is 11.9 Å². The van der Waals surface area contributed by atoms with Crippen LogP contribution >= 0.6 is 0 Å². The van der Waals surface area contributed by atoms with Crippen LogP contribution in [0.5, 0.6) is 0 Å². The quantitative estimate of drug-likeness (QED) is 0.386. The molecule has 0 unspecified atom stereocenters. The number of unbranched alkanes of at least 4 members (excludes halogenated alkanes) is 1. The maximum atomic E-state index is 11.3. The van der Waals surface area contributed by atoms with E-state index < -0.39 is 0 Å². The van der Waals surface area contributed by atoms with Gasteiger partial charge in [-0.05, 0) is 25.9 Å². The summed E-state index contributed by atoms with van der Waals surface area (Å²) in [5, 5.41) is 6.14. The average molecular weight is 288 g/mol. The lowest BCUT2D eigenvalue weighted by molar-refractivity contribution is -0.145. The largest absolute Gasteiger partial charge is 0.464 e. The van der Waals surface area contributed by atoms with Gasteiger partial charge >= 0.3 is 11.9 Å². The standard InChI is InChI=1S/C14H28N2O4/c1-3-15-9-11-19-13(17)7-5-6-8-14(18)20-12-10-16-4-2/h15-16H,3-12H2,1-2H3. The molecule has 2 N–H and O–H groups in total. The third kappa shape index (κ3) is 13.3. The van der Waals surface area contributed by atoms with Crippen LogP contribution < -0.4 is 10.6 Å². The van der Waals surface area contributed by atoms with E-state index in [0.717, 1.165) is 13.1 Å². The smallest absolute Gasteiger partial charge is 0.305 e. The fraction of sp³-hybridized carbons (Fsp3) is 0.857. The number of carbonyl (C=O) groups excluding carboxylic acids is 2. The highest BCUT2D eigenvalue weighted by Crippen LogP contribution is 2.02. The molecule has 0 aliphatic rings. The van der Waals surface area contributed by atoms with Gasteiger partial charge in [0.2, 0.25) is 0 Å². The number of nitrogens with one attached hydrogen (secondary N) is 2. The molecule has 0 heterocycles. The number of carbonyl (C=O) groups is 2. The number of hydrogen-bond acceptors (Lipinski definition) is 6. The van der Waals surface area contributed by atoms with E-state index in [1.54, 1.807) is 0 Å². The van der Waals surface area contributed by atoms with Crippen molar-refractivity contribution in [2.45, 2.75) is 39.5 Å². The van der Waals surface area contributed by atoms with Crippen molar-refractivity contribution in [1.29, 1.82) is 0 Å². The molecule has 20 heavy (non-hydrogen) atoms. The summed E-state index contributed by atoms with van der Waals surface area (Å²) in [6.07, 6.45) is 2.03. The first-order valence-electron chi connectivity index (χ1n) is 7.43. The molecule has 0 bridgehead atoms. The Bertz CT molecular complexity index is 234. The minimum absolute atomic E-state index is 0.205. The summed E-state index contributed by atoms with van der Waals surface area (Å²) in [6.45, 7) is 7.90. The Morgan fingerprint density at radius 1 is 0.800 bits per heavy atom. The van der Waals surface area contributed by atoms with Crippen molar-refractivity contribution < 1.29 is 19.1 Å². The van der Waals surface area contributed by atoms with E-state index in [0.29, 0.717) is 52.0 Å². The molecule has 0 fully saturated rings. The lowest BCUT2D eigenvalue weighted by Gasteiger charge is -2.06. The van der Waals surface area contributed by atoms with E-state index in [9.17, 15) is 9.59 Å². The molecule has 0 amide bonds. The van der Waals surface area contributed by atoms with E-state index in [2.05, 4.69) is 10.6 Å². The molecule has 0 atom stereocenters. The number of esters is 2. The molecule has 0 spiro atoms. The second-order valence-electron chi connectivity index (χ2n) is 4.36. The predicted molar refractivity (Wildman–Crippen MR) is 77.5 cm³/mol. The third-order valence-electron chi connectivity index (χ3n) is 2.60. The second kappa shape index (κ2) is 14.3. The van der Waals surface area contributed by atoms with Crippen molar-refractivity contribution in [1.82, 2.24) is 10.6 Å². The number of rotatable bonds is 13. The zero-order valence-electron chi connectivity index (χ0n) is 12.7. The fourth-order valence-corrected chi connectivity index (χ4v) is 1.51. The normalized spacial score (nSPS) is 10.3. The van der Waals surface area contributed by atoms with Crippen LogP contribution in [0.15, 0.2) is 0 Å². The SMILES string of the molecule is CCNCCOC(=O)CCCCC(=O)OCCNCC. The van der Waals surface area contributed by atoms with Crippen LogP contribution in [0.4, 0.5) is 0 Å². The lowest BCUT2D eigenvalue weighted by atomic mass is 10.2. The van der Waals surface area contributed by atoms with Gasteiger partial charge in [-0.1, -0.05) is 13.8 Å². The van der Waals surface area contributed by atoms with Gasteiger partial charge in [0.1, 0.15) is 13.2 Å². The van der Waals surface area contributed by atoms with Gasteiger partial charge in [0.05, 0.1) is 0 Å². The van der Waals surface area contributed by atoms with E-state index >= 15 is 0 Å². The van der Waals surface area contributed by atoms with Crippen LogP contribution in [0.2, 0.25) is 0 Å². The van der Waals surface area contributed by atoms with Crippen LogP contribution in [0, 0.1) is 0 Å². The Balaban J connectivity index is 3.32. The molecular weight excluding hydrogens is 260 g/mol. The first-order valence-corrected chi connectivity index (χ1v) is 7.43. The fourth-order valence-electron chi connectivity index (χ4n) is 1.51. The van der Waals surface area contributed by atoms with Crippen molar-refractivity contribution in [2.24, 2.45) is 0 Å². The summed E-state index contributed by atoms with van der Waals surface area (Å²) in [7, 11) is 0. The Labute approximate surface area is 121 Å². The first-order chi connectivity index (χ1) is 9.70. The summed E-state index contributed by atoms with van der Waals surface area (Å²) in [6, 6.07) is 0. The average Bonchev–Trinajstić information content (AvgIpc) is 2.44. The summed E-state index contributed by atoms with van der Waals surface area (Å²) >= 11 is 0. The highest BCUT2D eigenvalue weighted by atomic mass is 16.5. The van der Waals surface area contributed by atoms with Crippen molar-refractivity contribution >= 4 is 11.9 Å². The van der Waals surface area contributed by atoms with Gasteiger partial charge in [-0.3, -0.25) is 9.59 Å². The van der Waals surface area contributed by atoms with Crippen LogP contribution in [0.1, 0.15) is 39.5 Å². The van der Waals surface area contributed by atoms with Crippen LogP contribution in [-0.2, 0) is 19.1 Å². The minimum atomic E-state index is -0.205. The second-order valence-corrected chi connectivity index (χ2v) is 4.36. The predicted octanol–water partition coefficient (Wildman–Crippen LogP) is 0.852. The van der Waals surface area contributed by atoms with Gasteiger partial charge in [-0.25, -0.2) is 0 Å². The van der Waals surface area contributed by atoms with Gasteiger partial charge in [0.25, 0.3) is 0 Å². The highest BCUT2D eigenvalue weighted by Gasteiger charge is 2.05. The van der Waals surface area contributed by atoms with Gasteiger partial charge in [0, 0.05) is 25.9 Å². The molecule has 0 saturated heterocycles. The first kappa shape index (κ1) is 18.9. The third-order valence-corrected chi connectivity index (χ3v) is 2.60. The molecule has 0 aliphatic carbocycles. The van der Waals surface area contributed by atoms with Crippen molar-refractivity contribution in [3.8, 4) is 0 Å². The molecule has 0 aromatic rings. The topological polar surface area (TPSA) is 76.7 Å². The van der Waals surface area contributed by atoms with Gasteiger partial charge in [0.15, 0.2) is 0 Å². The number of ether oxygens (including phenoxy) is 2. The molecule has 6 nitrogen and oxygen atoms in total. The van der Waals surface area contributed by atoms with E-state index in [1.807, 2.05) is 13.8 Å². The molecular formula is C14H28N2O4. The molecule has 118 valence electrons. The molecule has 0 aromatic heterocycles. The zero-order valence-corrected chi connectivity index (χ0v) is 12.7. The van der Waals surface area contributed by atoms with Crippen molar-refractivity contribution in [3.05, 3.63) is 0 Å². The summed E-state index contributed by atoms with van der Waals surface area (Å²) in [5.41, 5.74) is 0. The van der Waals surface area contributed by atoms with Gasteiger partial charge in [-0.15, -0.1) is 0 Å². The van der Waals surface area contributed by atoms with Gasteiger partial charge < -0.3 is 20.1 Å². The van der Waals surface area contributed by atoms with Crippen molar-refractivity contribution in [2.75, 3.05) is 39.4 Å². The van der Waals surface area contributed by atoms with Crippen LogP contribution in [0.25, 0.3) is 0 Å². The zero-order chi connectivity index (χ0) is 15.1. The van der Waals surface area contributed by atoms with E-state index in [1.165, 1.54) is 0 Å². The Hall–Kier alpha value is -1.14. The van der Waals surface area contributed by atoms with Crippen LogP contribution in [0.3, 0.4) is 0 Å². The molecule has 6 heteroatoms. The van der Waals surface area contributed by atoms with Crippen LogP contribution in [-0.4, -0.2) is 51.3 Å². The maximum absolute atomic E-state index is 11.3. The Kier molecular flexibility index (Phi) is 13.5. The van der Waals surface area contributed by atoms with E-state index in [4.69, 9.17) is 9.47 Å². The summed E-state index contributed by atoms with van der Waals surface area (Å²) < 4.78 is 10.0. The molecule has 0 rings (SSSR count). The highest BCUT2D eigenvalue weighted by molar-refractivity contribution is 5.70.